The van der Waals surface area contributed by atoms with Gasteiger partial charge in [0.1, 0.15) is 11.8 Å². The number of aromatic nitrogens is 7. The van der Waals surface area contributed by atoms with E-state index in [1.54, 1.807) is 31.1 Å². The molecule has 0 unspecified atom stereocenters. The Balaban J connectivity index is 1.39. The summed E-state index contributed by atoms with van der Waals surface area (Å²) < 4.78 is 29.5. The SMILES string of the molecule is Nc1ncnc2c1ncn2Cc1cc(-c2ccc(F)c(F)c2)ncc1N1CCC[C@](N)(Cc2cnccn2)C1. The second-order valence-electron chi connectivity index (χ2n) is 9.89. The highest BCUT2D eigenvalue weighted by Gasteiger charge is 2.33. The molecule has 4 N–H and O–H groups in total. The molecule has 0 aliphatic carbocycles. The molecular formula is C27H26F2N10. The number of hydrogen-bond acceptors (Lipinski definition) is 9. The summed E-state index contributed by atoms with van der Waals surface area (Å²) in [5.41, 5.74) is 17.1. The average Bonchev–Trinajstić information content (AvgIpc) is 3.34. The third-order valence-corrected chi connectivity index (χ3v) is 7.05. The van der Waals surface area contributed by atoms with Crippen molar-refractivity contribution in [3.05, 3.63) is 84.6 Å². The lowest BCUT2D eigenvalue weighted by Gasteiger charge is -2.42. The second kappa shape index (κ2) is 9.95. The molecule has 1 aliphatic rings. The van der Waals surface area contributed by atoms with Crippen LogP contribution in [0, 0.1) is 11.6 Å². The Hall–Kier alpha value is -4.58. The summed E-state index contributed by atoms with van der Waals surface area (Å²) in [7, 11) is 0. The topological polar surface area (TPSA) is 138 Å². The predicted molar refractivity (Wildman–Crippen MR) is 143 cm³/mol. The molecule has 0 amide bonds. The maximum Gasteiger partial charge on any atom is 0.165 e. The van der Waals surface area contributed by atoms with Gasteiger partial charge < -0.3 is 20.9 Å². The molecular weight excluding hydrogens is 502 g/mol. The maximum absolute atomic E-state index is 14.0. The average molecular weight is 529 g/mol. The Bertz CT molecular complexity index is 1640. The monoisotopic (exact) mass is 528 g/mol. The fraction of sp³-hybridized carbons (Fsp3) is 0.259. The van der Waals surface area contributed by atoms with Crippen molar-refractivity contribution in [3.8, 4) is 11.3 Å². The first-order chi connectivity index (χ1) is 18.9. The van der Waals surface area contributed by atoms with Crippen LogP contribution < -0.4 is 16.4 Å². The van der Waals surface area contributed by atoms with E-state index in [0.29, 0.717) is 47.7 Å². The molecule has 12 heteroatoms. The van der Waals surface area contributed by atoms with Crippen molar-refractivity contribution < 1.29 is 8.78 Å². The molecule has 0 bridgehead atoms. The summed E-state index contributed by atoms with van der Waals surface area (Å²) in [5, 5.41) is 0. The molecule has 4 aromatic heterocycles. The van der Waals surface area contributed by atoms with Crippen molar-refractivity contribution in [2.24, 2.45) is 5.73 Å². The van der Waals surface area contributed by atoms with Crippen molar-refractivity contribution >= 4 is 22.7 Å². The van der Waals surface area contributed by atoms with Gasteiger partial charge in [-0.2, -0.15) is 0 Å². The Morgan fingerprint density at radius 1 is 0.974 bits per heavy atom. The molecule has 39 heavy (non-hydrogen) atoms. The molecule has 0 saturated carbocycles. The third kappa shape index (κ3) is 4.98. The quantitative estimate of drug-likeness (QED) is 0.340. The number of hydrogen-bond donors (Lipinski definition) is 2. The van der Waals surface area contributed by atoms with E-state index in [0.717, 1.165) is 48.5 Å². The zero-order valence-electron chi connectivity index (χ0n) is 21.0. The molecule has 1 saturated heterocycles. The first kappa shape index (κ1) is 24.7. The normalized spacial score (nSPS) is 17.6. The van der Waals surface area contributed by atoms with Crippen LogP contribution in [0.5, 0.6) is 0 Å². The fourth-order valence-electron chi connectivity index (χ4n) is 5.20. The van der Waals surface area contributed by atoms with Crippen LogP contribution in [0.2, 0.25) is 0 Å². The van der Waals surface area contributed by atoms with Gasteiger partial charge in [0.25, 0.3) is 0 Å². The highest BCUT2D eigenvalue weighted by atomic mass is 19.2. The summed E-state index contributed by atoms with van der Waals surface area (Å²) in [4.78, 5) is 28.2. The largest absolute Gasteiger partial charge is 0.382 e. The van der Waals surface area contributed by atoms with Gasteiger partial charge in [-0.05, 0) is 42.7 Å². The van der Waals surface area contributed by atoms with Crippen molar-refractivity contribution in [1.29, 1.82) is 0 Å². The number of rotatable bonds is 6. The summed E-state index contributed by atoms with van der Waals surface area (Å²) >= 11 is 0. The minimum Gasteiger partial charge on any atom is -0.382 e. The molecule has 0 radical (unpaired) electrons. The molecule has 1 fully saturated rings. The summed E-state index contributed by atoms with van der Waals surface area (Å²) in [6.07, 6.45) is 12.2. The van der Waals surface area contributed by atoms with E-state index in [1.807, 2.05) is 10.6 Å². The van der Waals surface area contributed by atoms with Crippen LogP contribution in [0.1, 0.15) is 24.1 Å². The molecule has 1 aromatic carbocycles. The number of benzene rings is 1. The van der Waals surface area contributed by atoms with Gasteiger partial charge in [-0.25, -0.2) is 23.7 Å². The number of halogens is 2. The van der Waals surface area contributed by atoms with Crippen LogP contribution in [0.25, 0.3) is 22.4 Å². The predicted octanol–water partition coefficient (Wildman–Crippen LogP) is 3.13. The van der Waals surface area contributed by atoms with E-state index < -0.39 is 17.2 Å². The molecule has 1 atom stereocenters. The van der Waals surface area contributed by atoms with Gasteiger partial charge in [0.15, 0.2) is 23.1 Å². The standard InChI is InChI=1S/C27H26F2N10/c28-20-3-2-17(8-21(20)29)22-9-18(13-39-16-37-24-25(30)35-15-36-26(24)39)23(12-34-22)38-7-1-4-27(31,14-38)10-19-11-32-5-6-33-19/h2-3,5-6,8-9,11-12,15-16H,1,4,7,10,13-14,31H2,(H2,30,35,36)/t27-/m0/s1. The number of nitrogen functional groups attached to an aromatic ring is 1. The van der Waals surface area contributed by atoms with E-state index in [-0.39, 0.29) is 0 Å². The molecule has 6 rings (SSSR count). The minimum absolute atomic E-state index is 0.295. The van der Waals surface area contributed by atoms with Crippen LogP contribution in [0.3, 0.4) is 0 Å². The molecule has 1 aliphatic heterocycles. The highest BCUT2D eigenvalue weighted by Crippen LogP contribution is 2.32. The maximum atomic E-state index is 14.0. The highest BCUT2D eigenvalue weighted by molar-refractivity contribution is 5.81. The smallest absolute Gasteiger partial charge is 0.165 e. The Morgan fingerprint density at radius 3 is 2.69 bits per heavy atom. The van der Waals surface area contributed by atoms with Gasteiger partial charge in [-0.1, -0.05) is 0 Å². The first-order valence-electron chi connectivity index (χ1n) is 12.5. The Kier molecular flexibility index (Phi) is 6.31. The fourth-order valence-corrected chi connectivity index (χ4v) is 5.20. The van der Waals surface area contributed by atoms with Crippen molar-refractivity contribution in [3.63, 3.8) is 0 Å². The lowest BCUT2D eigenvalue weighted by molar-refractivity contribution is 0.339. The van der Waals surface area contributed by atoms with E-state index in [1.165, 1.54) is 12.4 Å². The number of imidazole rings is 1. The van der Waals surface area contributed by atoms with Crippen LogP contribution >= 0.6 is 0 Å². The molecule has 0 spiro atoms. The summed E-state index contributed by atoms with van der Waals surface area (Å²) in [6.45, 7) is 1.76. The zero-order chi connectivity index (χ0) is 27.0. The Labute approximate surface area is 222 Å². The minimum atomic E-state index is -0.930. The summed E-state index contributed by atoms with van der Waals surface area (Å²) in [6, 6.07) is 5.64. The third-order valence-electron chi connectivity index (χ3n) is 7.05. The first-order valence-corrected chi connectivity index (χ1v) is 12.5. The van der Waals surface area contributed by atoms with E-state index in [4.69, 9.17) is 11.5 Å². The Morgan fingerprint density at radius 2 is 1.87 bits per heavy atom. The molecule has 198 valence electrons. The number of nitrogens with two attached hydrogens (primary N) is 2. The molecule has 5 heterocycles. The number of fused-ring (bicyclic) bond motifs is 1. The molecule has 10 nitrogen and oxygen atoms in total. The molecule has 5 aromatic rings. The van der Waals surface area contributed by atoms with Gasteiger partial charge in [-0.3, -0.25) is 15.0 Å². The van der Waals surface area contributed by atoms with Gasteiger partial charge in [-0.15, -0.1) is 0 Å². The lowest BCUT2D eigenvalue weighted by Crippen LogP contribution is -2.56. The van der Waals surface area contributed by atoms with E-state index in [2.05, 4.69) is 34.8 Å². The van der Waals surface area contributed by atoms with Crippen LogP contribution in [-0.4, -0.2) is 53.1 Å². The number of pyridine rings is 1. The zero-order valence-corrected chi connectivity index (χ0v) is 21.0. The van der Waals surface area contributed by atoms with Crippen molar-refractivity contribution in [1.82, 2.24) is 34.5 Å². The van der Waals surface area contributed by atoms with Gasteiger partial charge in [0, 0.05) is 49.2 Å². The van der Waals surface area contributed by atoms with Crippen molar-refractivity contribution in [2.75, 3.05) is 23.7 Å². The van der Waals surface area contributed by atoms with Crippen molar-refractivity contribution in [2.45, 2.75) is 31.3 Å². The number of nitrogens with zero attached hydrogens (tertiary/aromatic N) is 8. The van der Waals surface area contributed by atoms with E-state index in [9.17, 15) is 8.78 Å². The summed E-state index contributed by atoms with van der Waals surface area (Å²) in [5.74, 6) is -1.54. The second-order valence-corrected chi connectivity index (χ2v) is 9.89. The van der Waals surface area contributed by atoms with Crippen LogP contribution in [-0.2, 0) is 13.0 Å². The number of piperidine rings is 1. The number of anilines is 2. The van der Waals surface area contributed by atoms with Gasteiger partial charge >= 0.3 is 0 Å². The van der Waals surface area contributed by atoms with Gasteiger partial charge in [0.05, 0.1) is 36.1 Å². The van der Waals surface area contributed by atoms with Gasteiger partial charge in [0.2, 0.25) is 0 Å². The van der Waals surface area contributed by atoms with Crippen LogP contribution in [0.4, 0.5) is 20.3 Å². The lowest BCUT2D eigenvalue weighted by atomic mass is 9.85. The van der Waals surface area contributed by atoms with Crippen LogP contribution in [0.15, 0.2) is 61.7 Å². The van der Waals surface area contributed by atoms with E-state index >= 15 is 0 Å².